The zero-order chi connectivity index (χ0) is 47.2. The van der Waals surface area contributed by atoms with E-state index >= 15 is 0 Å². The summed E-state index contributed by atoms with van der Waals surface area (Å²) in [7, 11) is 0. The maximum atomic E-state index is 12.8. The predicted molar refractivity (Wildman–Crippen MR) is 279 cm³/mol. The van der Waals surface area contributed by atoms with Crippen molar-refractivity contribution in [3.63, 3.8) is 0 Å². The van der Waals surface area contributed by atoms with Crippen molar-refractivity contribution in [3.05, 3.63) is 97.2 Å². The van der Waals surface area contributed by atoms with E-state index in [1.807, 2.05) is 0 Å². The molecule has 1 atom stereocenters. The van der Waals surface area contributed by atoms with Crippen LogP contribution in [0.25, 0.3) is 0 Å². The van der Waals surface area contributed by atoms with E-state index < -0.39 is 6.10 Å². The topological polar surface area (TPSA) is 78.9 Å². The lowest BCUT2D eigenvalue weighted by Crippen LogP contribution is -2.30. The molecule has 0 aliphatic heterocycles. The first-order valence-corrected chi connectivity index (χ1v) is 26.8. The van der Waals surface area contributed by atoms with Crippen LogP contribution in [0.2, 0.25) is 0 Å². The zero-order valence-electron chi connectivity index (χ0n) is 42.2. The monoisotopic (exact) mass is 903 g/mol. The second kappa shape index (κ2) is 52.9. The van der Waals surface area contributed by atoms with Crippen molar-refractivity contribution < 1.29 is 28.6 Å². The van der Waals surface area contributed by atoms with Crippen LogP contribution in [0.1, 0.15) is 239 Å². The Morgan fingerprint density at radius 3 is 0.969 bits per heavy atom. The van der Waals surface area contributed by atoms with E-state index in [1.165, 1.54) is 83.5 Å². The van der Waals surface area contributed by atoms with Crippen molar-refractivity contribution in [1.29, 1.82) is 0 Å². The highest BCUT2D eigenvalue weighted by atomic mass is 16.6. The summed E-state index contributed by atoms with van der Waals surface area (Å²) in [6.07, 6.45) is 69.6. The fraction of sp³-hybridized carbons (Fsp3) is 0.678. The highest BCUT2D eigenvalue weighted by molar-refractivity contribution is 5.71. The van der Waals surface area contributed by atoms with Crippen LogP contribution in [0.4, 0.5) is 0 Å². The van der Waals surface area contributed by atoms with E-state index in [9.17, 15) is 14.4 Å². The molecule has 1 unspecified atom stereocenters. The highest BCUT2D eigenvalue weighted by Crippen LogP contribution is 2.13. The smallest absolute Gasteiger partial charge is 0.306 e. The van der Waals surface area contributed by atoms with Gasteiger partial charge in [-0.25, -0.2) is 0 Å². The van der Waals surface area contributed by atoms with Gasteiger partial charge in [0.2, 0.25) is 0 Å². The van der Waals surface area contributed by atoms with Crippen LogP contribution in [-0.4, -0.2) is 37.2 Å². The first kappa shape index (κ1) is 61.3. The fourth-order valence-electron chi connectivity index (χ4n) is 7.07. The molecule has 6 nitrogen and oxygen atoms in total. The summed E-state index contributed by atoms with van der Waals surface area (Å²) in [5.74, 6) is -0.972. The first-order chi connectivity index (χ1) is 32.0. The molecule has 0 aliphatic carbocycles. The maximum Gasteiger partial charge on any atom is 0.306 e. The average molecular weight is 903 g/mol. The normalized spacial score (nSPS) is 12.8. The summed E-state index contributed by atoms with van der Waals surface area (Å²) in [5, 5.41) is 0. The number of hydrogen-bond acceptors (Lipinski definition) is 6. The average Bonchev–Trinajstić information content (AvgIpc) is 3.30. The van der Waals surface area contributed by atoms with E-state index in [4.69, 9.17) is 14.2 Å². The maximum absolute atomic E-state index is 12.8. The van der Waals surface area contributed by atoms with Crippen LogP contribution in [0.5, 0.6) is 0 Å². The summed E-state index contributed by atoms with van der Waals surface area (Å²) in [6, 6.07) is 0. The molecule has 0 saturated carbocycles. The lowest BCUT2D eigenvalue weighted by Gasteiger charge is -2.18. The number of unbranched alkanes of at least 4 members (excludes halogenated alkanes) is 25. The van der Waals surface area contributed by atoms with Crippen LogP contribution in [0, 0.1) is 0 Å². The second-order valence-electron chi connectivity index (χ2n) is 17.6. The molecule has 0 heterocycles. The molecule has 0 bridgehead atoms. The molecular weight excluding hydrogens is 805 g/mol. The van der Waals surface area contributed by atoms with Crippen LogP contribution in [0.3, 0.4) is 0 Å². The number of carbonyl (C=O) groups excluding carboxylic acids is 3. The van der Waals surface area contributed by atoms with Crippen molar-refractivity contribution >= 4 is 17.9 Å². The zero-order valence-corrected chi connectivity index (χ0v) is 42.2. The highest BCUT2D eigenvalue weighted by Gasteiger charge is 2.19. The van der Waals surface area contributed by atoms with E-state index in [0.717, 1.165) is 116 Å². The van der Waals surface area contributed by atoms with Crippen molar-refractivity contribution in [2.75, 3.05) is 13.2 Å². The molecule has 0 fully saturated rings. The summed E-state index contributed by atoms with van der Waals surface area (Å²) in [5.41, 5.74) is 0. The Kier molecular flexibility index (Phi) is 50.0. The van der Waals surface area contributed by atoms with Crippen LogP contribution >= 0.6 is 0 Å². The standard InChI is InChI=1S/C59H98O6/c1-4-7-10-13-16-19-22-24-26-28-30-32-34-37-40-43-46-49-52-58(61)64-55-56(54-63-57(60)51-48-45-42-39-36-21-18-15-12-9-6-3)65-59(62)53-50-47-44-41-38-35-33-31-29-27-25-23-20-17-14-11-8-5-2/h15-16,18-19,21-22,24,26-33,36,56H,4-14,17,20,23,25,34-35,37-55H2,1-3H3/b18-15-,19-16-,24-22-,28-26-,29-27-,32-30-,33-31-,36-21-. The predicted octanol–water partition coefficient (Wildman–Crippen LogP) is 17.8. The Labute approximate surface area is 400 Å². The van der Waals surface area contributed by atoms with Gasteiger partial charge in [0.15, 0.2) is 6.10 Å². The van der Waals surface area contributed by atoms with Gasteiger partial charge < -0.3 is 14.2 Å². The number of esters is 3. The van der Waals surface area contributed by atoms with Gasteiger partial charge >= 0.3 is 17.9 Å². The number of carbonyl (C=O) groups is 3. The Hall–Kier alpha value is -3.67. The summed E-state index contributed by atoms with van der Waals surface area (Å²) in [4.78, 5) is 38.0. The molecular formula is C59H98O6. The summed E-state index contributed by atoms with van der Waals surface area (Å²) >= 11 is 0. The van der Waals surface area contributed by atoms with Gasteiger partial charge in [-0.15, -0.1) is 0 Å². The Morgan fingerprint density at radius 2 is 0.569 bits per heavy atom. The molecule has 0 rings (SSSR count). The van der Waals surface area contributed by atoms with Gasteiger partial charge in [0.05, 0.1) is 0 Å². The Balaban J connectivity index is 4.48. The molecule has 0 aromatic carbocycles. The quantitative estimate of drug-likeness (QED) is 0.0262. The molecule has 65 heavy (non-hydrogen) atoms. The van der Waals surface area contributed by atoms with Gasteiger partial charge in [0.1, 0.15) is 13.2 Å². The molecule has 0 N–H and O–H groups in total. The third-order valence-electron chi connectivity index (χ3n) is 11.2. The van der Waals surface area contributed by atoms with Gasteiger partial charge in [0.25, 0.3) is 0 Å². The largest absolute Gasteiger partial charge is 0.462 e. The van der Waals surface area contributed by atoms with E-state index in [1.54, 1.807) is 0 Å². The third kappa shape index (κ3) is 51.2. The Bertz CT molecular complexity index is 1310. The molecule has 0 aromatic rings. The number of rotatable bonds is 47. The summed E-state index contributed by atoms with van der Waals surface area (Å²) < 4.78 is 16.7. The van der Waals surface area contributed by atoms with E-state index in [-0.39, 0.29) is 31.1 Å². The Morgan fingerprint density at radius 1 is 0.308 bits per heavy atom. The lowest BCUT2D eigenvalue weighted by atomic mass is 10.1. The third-order valence-corrected chi connectivity index (χ3v) is 11.2. The first-order valence-electron chi connectivity index (χ1n) is 26.8. The minimum atomic E-state index is -0.807. The van der Waals surface area contributed by atoms with Crippen LogP contribution in [-0.2, 0) is 28.6 Å². The molecule has 0 aromatic heterocycles. The molecule has 0 aliphatic rings. The fourth-order valence-corrected chi connectivity index (χ4v) is 7.07. The number of ether oxygens (including phenoxy) is 3. The van der Waals surface area contributed by atoms with Gasteiger partial charge in [-0.2, -0.15) is 0 Å². The van der Waals surface area contributed by atoms with Crippen LogP contribution < -0.4 is 0 Å². The minimum Gasteiger partial charge on any atom is -0.462 e. The molecule has 0 saturated heterocycles. The van der Waals surface area contributed by atoms with Crippen LogP contribution in [0.15, 0.2) is 97.2 Å². The summed E-state index contributed by atoms with van der Waals surface area (Å²) in [6.45, 7) is 6.48. The van der Waals surface area contributed by atoms with Gasteiger partial charge in [-0.1, -0.05) is 227 Å². The van der Waals surface area contributed by atoms with Crippen molar-refractivity contribution in [3.8, 4) is 0 Å². The molecule has 0 spiro atoms. The molecule has 0 amide bonds. The van der Waals surface area contributed by atoms with Gasteiger partial charge in [0, 0.05) is 19.3 Å². The SMILES string of the molecule is CCCC/C=C\C=C/CCCCCC(=O)OCC(COC(=O)CCCCCCC\C=C/C=C\C=C/C=C\CCCCC)OC(=O)CCCCCCC/C=C\C=C/CCCCCCCCC. The minimum absolute atomic E-state index is 0.106. The lowest BCUT2D eigenvalue weighted by molar-refractivity contribution is -0.167. The van der Waals surface area contributed by atoms with E-state index in [0.29, 0.717) is 19.3 Å². The van der Waals surface area contributed by atoms with Gasteiger partial charge in [-0.3, -0.25) is 14.4 Å². The number of allylic oxidation sites excluding steroid dienone is 16. The van der Waals surface area contributed by atoms with Crippen molar-refractivity contribution in [1.82, 2.24) is 0 Å². The number of hydrogen-bond donors (Lipinski definition) is 0. The molecule has 0 radical (unpaired) electrons. The molecule has 6 heteroatoms. The van der Waals surface area contributed by atoms with E-state index in [2.05, 4.69) is 118 Å². The van der Waals surface area contributed by atoms with Gasteiger partial charge in [-0.05, 0) is 89.9 Å². The van der Waals surface area contributed by atoms with Crippen molar-refractivity contribution in [2.45, 2.75) is 245 Å². The molecule has 370 valence electrons. The van der Waals surface area contributed by atoms with Crippen molar-refractivity contribution in [2.24, 2.45) is 0 Å². The second-order valence-corrected chi connectivity index (χ2v) is 17.6.